The molecule has 1 aromatic carbocycles. The fourth-order valence-corrected chi connectivity index (χ4v) is 3.90. The Morgan fingerprint density at radius 2 is 1.85 bits per heavy atom. The SMILES string of the molecule is CC(C)(C)C(N)=CC(=O)NC(=O)[C@@H]1CCN1Sc1ccc(S(C)(=O)=O)cc1. The lowest BCUT2D eigenvalue weighted by Crippen LogP contribution is -2.53. The molecule has 0 unspecified atom stereocenters. The molecule has 0 saturated carbocycles. The molecule has 1 aromatic rings. The maximum absolute atomic E-state index is 12.3. The highest BCUT2D eigenvalue weighted by Gasteiger charge is 2.35. The van der Waals surface area contributed by atoms with E-state index in [1.54, 1.807) is 12.1 Å². The molecule has 3 N–H and O–H groups in total. The maximum atomic E-state index is 12.3. The monoisotopic (exact) mass is 411 g/mol. The number of nitrogens with two attached hydrogens (primary N) is 1. The first-order chi connectivity index (χ1) is 12.4. The summed E-state index contributed by atoms with van der Waals surface area (Å²) in [5.74, 6) is -0.897. The van der Waals surface area contributed by atoms with Crippen LogP contribution in [-0.2, 0) is 19.4 Å². The van der Waals surface area contributed by atoms with Crippen molar-refractivity contribution in [1.29, 1.82) is 0 Å². The van der Waals surface area contributed by atoms with Gasteiger partial charge in [0.05, 0.1) is 4.90 Å². The van der Waals surface area contributed by atoms with Crippen molar-refractivity contribution in [2.24, 2.45) is 11.1 Å². The average molecular weight is 412 g/mol. The summed E-state index contributed by atoms with van der Waals surface area (Å²) >= 11 is 1.36. The summed E-state index contributed by atoms with van der Waals surface area (Å²) in [6.45, 7) is 6.35. The summed E-state index contributed by atoms with van der Waals surface area (Å²) < 4.78 is 24.9. The van der Waals surface area contributed by atoms with Gasteiger partial charge >= 0.3 is 0 Å². The number of benzene rings is 1. The molecule has 2 rings (SSSR count). The van der Waals surface area contributed by atoms with Crippen LogP contribution < -0.4 is 11.1 Å². The normalized spacial score (nSPS) is 18.7. The van der Waals surface area contributed by atoms with Crippen LogP contribution in [0.25, 0.3) is 0 Å². The molecule has 1 saturated heterocycles. The Balaban J connectivity index is 1.95. The van der Waals surface area contributed by atoms with Crippen LogP contribution in [0.1, 0.15) is 27.2 Å². The van der Waals surface area contributed by atoms with Crippen LogP contribution in [0.4, 0.5) is 0 Å². The van der Waals surface area contributed by atoms with E-state index in [1.807, 2.05) is 25.1 Å². The molecule has 1 aliphatic heterocycles. The van der Waals surface area contributed by atoms with E-state index in [1.165, 1.54) is 30.2 Å². The lowest BCUT2D eigenvalue weighted by atomic mass is 9.92. The molecule has 0 radical (unpaired) electrons. The Hall–Kier alpha value is -1.84. The van der Waals surface area contributed by atoms with E-state index in [0.717, 1.165) is 11.2 Å². The van der Waals surface area contributed by atoms with Crippen molar-refractivity contribution in [3.05, 3.63) is 36.0 Å². The Kier molecular flexibility index (Phi) is 6.39. The lowest BCUT2D eigenvalue weighted by molar-refractivity contribution is -0.132. The number of nitrogens with zero attached hydrogens (tertiary/aromatic N) is 1. The molecule has 0 spiro atoms. The van der Waals surface area contributed by atoms with E-state index < -0.39 is 21.8 Å². The molecule has 27 heavy (non-hydrogen) atoms. The highest BCUT2D eigenvalue weighted by atomic mass is 32.2. The summed E-state index contributed by atoms with van der Waals surface area (Å²) in [6, 6.07) is 6.06. The quantitative estimate of drug-likeness (QED) is 0.560. The van der Waals surface area contributed by atoms with Gasteiger partial charge in [0, 0.05) is 34.9 Å². The molecule has 0 bridgehead atoms. The van der Waals surface area contributed by atoms with Gasteiger partial charge in [-0.2, -0.15) is 0 Å². The highest BCUT2D eigenvalue weighted by Crippen LogP contribution is 2.32. The van der Waals surface area contributed by atoms with Crippen molar-refractivity contribution in [1.82, 2.24) is 9.62 Å². The first-order valence-corrected chi connectivity index (χ1v) is 11.1. The number of carbonyl (C=O) groups is 2. The van der Waals surface area contributed by atoms with Crippen LogP contribution in [-0.4, -0.2) is 43.4 Å². The van der Waals surface area contributed by atoms with Gasteiger partial charge in [-0.15, -0.1) is 0 Å². The van der Waals surface area contributed by atoms with Crippen molar-refractivity contribution in [2.75, 3.05) is 12.8 Å². The standard InChI is InChI=1S/C18H25N3O4S2/c1-18(2,3)15(19)11-16(22)20-17(23)14-9-10-21(14)26-12-5-7-13(8-6-12)27(4,24)25/h5-8,11,14H,9-10,19H2,1-4H3,(H,20,22,23)/t14-/m0/s1. The van der Waals surface area contributed by atoms with Crippen molar-refractivity contribution in [2.45, 2.75) is 43.0 Å². The molecule has 2 amide bonds. The molecule has 0 aliphatic carbocycles. The van der Waals surface area contributed by atoms with Crippen LogP contribution in [0.2, 0.25) is 0 Å². The van der Waals surface area contributed by atoms with Gasteiger partial charge in [-0.05, 0) is 42.6 Å². The number of sulfone groups is 1. The van der Waals surface area contributed by atoms with E-state index in [-0.39, 0.29) is 16.2 Å². The largest absolute Gasteiger partial charge is 0.401 e. The minimum Gasteiger partial charge on any atom is -0.401 e. The molecular weight excluding hydrogens is 386 g/mol. The molecule has 1 atom stereocenters. The van der Waals surface area contributed by atoms with Crippen molar-refractivity contribution in [3.63, 3.8) is 0 Å². The third-order valence-corrected chi connectivity index (χ3v) is 6.43. The minimum absolute atomic E-state index is 0.249. The van der Waals surface area contributed by atoms with Gasteiger partial charge in [0.2, 0.25) is 5.91 Å². The topological polar surface area (TPSA) is 110 Å². The predicted octanol–water partition coefficient (Wildman–Crippen LogP) is 1.70. The fourth-order valence-electron chi connectivity index (χ4n) is 2.22. The van der Waals surface area contributed by atoms with E-state index in [4.69, 9.17) is 5.73 Å². The number of nitrogens with one attached hydrogen (secondary N) is 1. The minimum atomic E-state index is -3.24. The predicted molar refractivity (Wildman–Crippen MR) is 105 cm³/mol. The maximum Gasteiger partial charge on any atom is 0.252 e. The summed E-state index contributed by atoms with van der Waals surface area (Å²) in [5.41, 5.74) is 5.90. The smallest absolute Gasteiger partial charge is 0.252 e. The zero-order valence-corrected chi connectivity index (χ0v) is 17.5. The number of hydrogen-bond acceptors (Lipinski definition) is 7. The van der Waals surface area contributed by atoms with Crippen molar-refractivity contribution < 1.29 is 18.0 Å². The number of imide groups is 1. The molecule has 1 fully saturated rings. The lowest BCUT2D eigenvalue weighted by Gasteiger charge is -2.38. The van der Waals surface area contributed by atoms with Crippen LogP contribution in [0.5, 0.6) is 0 Å². The molecule has 0 aromatic heterocycles. The zero-order chi connectivity index (χ0) is 20.4. The fraction of sp³-hybridized carbons (Fsp3) is 0.444. The summed E-state index contributed by atoms with van der Waals surface area (Å²) in [7, 11) is -3.24. The molecule has 7 nitrogen and oxygen atoms in total. The van der Waals surface area contributed by atoms with Crippen LogP contribution >= 0.6 is 11.9 Å². The van der Waals surface area contributed by atoms with E-state index >= 15 is 0 Å². The number of amides is 2. The third-order valence-electron chi connectivity index (χ3n) is 4.15. The second-order valence-electron chi connectivity index (χ2n) is 7.48. The summed E-state index contributed by atoms with van der Waals surface area (Å²) in [5, 5.41) is 2.36. The Labute approximate surface area is 164 Å². The number of carbonyl (C=O) groups excluding carboxylic acids is 2. The Morgan fingerprint density at radius 1 is 1.26 bits per heavy atom. The number of allylic oxidation sites excluding steroid dienone is 1. The summed E-state index contributed by atoms with van der Waals surface area (Å²) in [4.78, 5) is 25.4. The van der Waals surface area contributed by atoms with Gasteiger partial charge in [0.1, 0.15) is 6.04 Å². The molecule has 148 valence electrons. The summed E-state index contributed by atoms with van der Waals surface area (Å²) in [6.07, 6.45) is 3.05. The molecule has 1 aliphatic rings. The highest BCUT2D eigenvalue weighted by molar-refractivity contribution is 7.97. The van der Waals surface area contributed by atoms with Gasteiger partial charge in [0.15, 0.2) is 9.84 Å². The van der Waals surface area contributed by atoms with Crippen molar-refractivity contribution >= 4 is 33.6 Å². The Morgan fingerprint density at radius 3 is 2.30 bits per heavy atom. The third kappa shape index (κ3) is 5.82. The number of rotatable bonds is 5. The molecule has 1 heterocycles. The van der Waals surface area contributed by atoms with Gasteiger partial charge in [-0.3, -0.25) is 14.9 Å². The van der Waals surface area contributed by atoms with E-state index in [2.05, 4.69) is 5.32 Å². The van der Waals surface area contributed by atoms with Gasteiger partial charge < -0.3 is 5.73 Å². The van der Waals surface area contributed by atoms with Crippen LogP contribution in [0, 0.1) is 5.41 Å². The van der Waals surface area contributed by atoms with Crippen molar-refractivity contribution in [3.8, 4) is 0 Å². The first-order valence-electron chi connectivity index (χ1n) is 8.45. The zero-order valence-electron chi connectivity index (χ0n) is 15.9. The first kappa shape index (κ1) is 21.5. The second-order valence-corrected chi connectivity index (χ2v) is 10.6. The molecular formula is C18H25N3O4S2. The van der Waals surface area contributed by atoms with Gasteiger partial charge in [-0.1, -0.05) is 20.8 Å². The van der Waals surface area contributed by atoms with Crippen LogP contribution in [0.15, 0.2) is 45.8 Å². The number of hydrogen-bond donors (Lipinski definition) is 2. The average Bonchev–Trinajstić information content (AvgIpc) is 2.49. The van der Waals surface area contributed by atoms with Crippen LogP contribution in [0.3, 0.4) is 0 Å². The van der Waals surface area contributed by atoms with Gasteiger partial charge in [-0.25, -0.2) is 12.7 Å². The molecule has 9 heteroatoms. The van der Waals surface area contributed by atoms with E-state index in [0.29, 0.717) is 18.7 Å². The second kappa shape index (κ2) is 8.04. The van der Waals surface area contributed by atoms with E-state index in [9.17, 15) is 18.0 Å². The Bertz CT molecular complexity index is 856. The van der Waals surface area contributed by atoms with Gasteiger partial charge in [0.25, 0.3) is 5.91 Å².